The summed E-state index contributed by atoms with van der Waals surface area (Å²) in [6, 6.07) is 0. The van der Waals surface area contributed by atoms with Gasteiger partial charge in [-0.15, -0.1) is 0 Å². The first-order chi connectivity index (χ1) is 6.86. The summed E-state index contributed by atoms with van der Waals surface area (Å²) < 4.78 is 0. The van der Waals surface area contributed by atoms with Gasteiger partial charge in [0.1, 0.15) is 0 Å². The first-order valence-corrected chi connectivity index (χ1v) is 6.53. The summed E-state index contributed by atoms with van der Waals surface area (Å²) in [5.41, 5.74) is 0. The second kappa shape index (κ2) is 9.70. The molecule has 2 aliphatic rings. The van der Waals surface area contributed by atoms with Crippen molar-refractivity contribution in [3.8, 4) is 0 Å². The summed E-state index contributed by atoms with van der Waals surface area (Å²) in [4.78, 5) is 0. The Morgan fingerprint density at radius 2 is 1.67 bits per heavy atom. The summed E-state index contributed by atoms with van der Waals surface area (Å²) in [5, 5.41) is 0. The molecule has 0 N–H and O–H groups in total. The Morgan fingerprint density at radius 1 is 1.00 bits per heavy atom. The summed E-state index contributed by atoms with van der Waals surface area (Å²) in [6.45, 7) is 4.55. The first kappa shape index (κ1) is 15.5. The predicted octanol–water partition coefficient (Wildman–Crippen LogP) is 4.80. The van der Waals surface area contributed by atoms with Crippen LogP contribution in [0, 0.1) is 24.7 Å². The average molecular weight is 253 g/mol. The monoisotopic (exact) mass is 252 g/mol. The van der Waals surface area contributed by atoms with E-state index in [2.05, 4.69) is 26.7 Å². The third-order valence-corrected chi connectivity index (χ3v) is 3.69. The molecule has 15 heavy (non-hydrogen) atoms. The molecule has 0 aromatic heterocycles. The smallest absolute Gasteiger partial charge is 0 e. The molecule has 1 heteroatoms. The first-order valence-electron chi connectivity index (χ1n) is 6.53. The van der Waals surface area contributed by atoms with Crippen molar-refractivity contribution in [3.63, 3.8) is 0 Å². The molecule has 0 spiro atoms. The quantitative estimate of drug-likeness (QED) is 0.620. The Kier molecular flexibility index (Phi) is 10.0. The molecule has 2 fully saturated rings. The standard InChI is InChI=1S/C7H14.C7H12.Ni/c2*1-2-7-5-3-4-6-7;/h7H,2-6H2,1H3;3,5,7H,2,4,6H2,1H3;. The molecular weight excluding hydrogens is 227 g/mol. The molecule has 0 aliphatic heterocycles. The van der Waals surface area contributed by atoms with Gasteiger partial charge in [-0.25, -0.2) is 0 Å². The SMILES string of the molecule is CCC1CCCC1.CCC1[CH][CH]CC1.[Ni]. The van der Waals surface area contributed by atoms with Gasteiger partial charge >= 0.3 is 0 Å². The van der Waals surface area contributed by atoms with Crippen LogP contribution in [-0.4, -0.2) is 0 Å². The molecule has 2 rings (SSSR count). The third kappa shape index (κ3) is 6.61. The van der Waals surface area contributed by atoms with Crippen LogP contribution in [-0.2, 0) is 16.5 Å². The number of hydrogen-bond acceptors (Lipinski definition) is 0. The second-order valence-corrected chi connectivity index (χ2v) is 4.73. The van der Waals surface area contributed by atoms with Gasteiger partial charge in [0.25, 0.3) is 0 Å². The van der Waals surface area contributed by atoms with Gasteiger partial charge in [0.2, 0.25) is 0 Å². The molecule has 0 aromatic carbocycles. The van der Waals surface area contributed by atoms with Gasteiger partial charge in [-0.1, -0.05) is 52.4 Å². The van der Waals surface area contributed by atoms with Crippen LogP contribution in [0.3, 0.4) is 0 Å². The van der Waals surface area contributed by atoms with Crippen molar-refractivity contribution in [3.05, 3.63) is 12.8 Å². The van der Waals surface area contributed by atoms with Crippen molar-refractivity contribution in [2.75, 3.05) is 0 Å². The van der Waals surface area contributed by atoms with Crippen LogP contribution in [0.15, 0.2) is 0 Å². The van der Waals surface area contributed by atoms with Crippen LogP contribution in [0.5, 0.6) is 0 Å². The molecule has 92 valence electrons. The van der Waals surface area contributed by atoms with E-state index in [4.69, 9.17) is 0 Å². The van der Waals surface area contributed by atoms with E-state index in [1.807, 2.05) is 0 Å². The molecule has 0 heterocycles. The van der Waals surface area contributed by atoms with Crippen LogP contribution < -0.4 is 0 Å². The van der Waals surface area contributed by atoms with Crippen LogP contribution >= 0.6 is 0 Å². The molecule has 2 saturated carbocycles. The fourth-order valence-corrected chi connectivity index (χ4v) is 2.45. The van der Waals surface area contributed by atoms with Gasteiger partial charge in [-0.05, 0) is 37.5 Å². The van der Waals surface area contributed by atoms with Gasteiger partial charge in [-0.3, -0.25) is 0 Å². The Morgan fingerprint density at radius 3 is 1.93 bits per heavy atom. The third-order valence-electron chi connectivity index (χ3n) is 3.69. The van der Waals surface area contributed by atoms with E-state index in [1.165, 1.54) is 51.4 Å². The summed E-state index contributed by atoms with van der Waals surface area (Å²) in [7, 11) is 0. The zero-order chi connectivity index (χ0) is 10.2. The molecule has 0 amide bonds. The Bertz CT molecular complexity index is 105. The van der Waals surface area contributed by atoms with Gasteiger partial charge in [0.05, 0.1) is 0 Å². The van der Waals surface area contributed by atoms with Crippen molar-refractivity contribution in [1.29, 1.82) is 0 Å². The second-order valence-electron chi connectivity index (χ2n) is 4.73. The molecule has 0 aromatic rings. The van der Waals surface area contributed by atoms with Crippen LogP contribution in [0.4, 0.5) is 0 Å². The van der Waals surface area contributed by atoms with Gasteiger partial charge in [0.15, 0.2) is 0 Å². The zero-order valence-corrected chi connectivity index (χ0v) is 11.3. The maximum atomic E-state index is 2.33. The molecule has 2 aliphatic carbocycles. The Labute approximate surface area is 107 Å². The van der Waals surface area contributed by atoms with Crippen molar-refractivity contribution < 1.29 is 16.5 Å². The van der Waals surface area contributed by atoms with E-state index in [9.17, 15) is 0 Å². The van der Waals surface area contributed by atoms with Gasteiger partial charge < -0.3 is 0 Å². The molecule has 1 atom stereocenters. The molecule has 0 nitrogen and oxygen atoms in total. The maximum Gasteiger partial charge on any atom is 0 e. The van der Waals surface area contributed by atoms with Crippen molar-refractivity contribution in [2.45, 2.75) is 65.2 Å². The van der Waals surface area contributed by atoms with Crippen LogP contribution in [0.25, 0.3) is 0 Å². The van der Waals surface area contributed by atoms with Crippen LogP contribution in [0.2, 0.25) is 0 Å². The molecule has 0 saturated heterocycles. The minimum absolute atomic E-state index is 0. The Hall–Kier alpha value is 0.494. The average Bonchev–Trinajstić information content (AvgIpc) is 2.92. The largest absolute Gasteiger partial charge is 0.0651 e. The van der Waals surface area contributed by atoms with Crippen molar-refractivity contribution in [2.24, 2.45) is 11.8 Å². The van der Waals surface area contributed by atoms with E-state index in [0.717, 1.165) is 11.8 Å². The normalized spacial score (nSPS) is 22.0. The van der Waals surface area contributed by atoms with E-state index < -0.39 is 0 Å². The van der Waals surface area contributed by atoms with Crippen molar-refractivity contribution >= 4 is 0 Å². The van der Waals surface area contributed by atoms with Crippen molar-refractivity contribution in [1.82, 2.24) is 0 Å². The molecule has 0 bridgehead atoms. The van der Waals surface area contributed by atoms with E-state index in [0.29, 0.717) is 0 Å². The minimum atomic E-state index is 0. The maximum absolute atomic E-state index is 2.33. The minimum Gasteiger partial charge on any atom is -0.0651 e. The van der Waals surface area contributed by atoms with Gasteiger partial charge in [-0.2, -0.15) is 0 Å². The van der Waals surface area contributed by atoms with Crippen LogP contribution in [0.1, 0.15) is 65.2 Å². The fraction of sp³-hybridized carbons (Fsp3) is 0.857. The topological polar surface area (TPSA) is 0 Å². The molecule has 1 unspecified atom stereocenters. The van der Waals surface area contributed by atoms with Gasteiger partial charge in [0, 0.05) is 16.5 Å². The van der Waals surface area contributed by atoms with E-state index >= 15 is 0 Å². The Balaban J connectivity index is 0.000000245. The number of hydrogen-bond donors (Lipinski definition) is 0. The summed E-state index contributed by atoms with van der Waals surface area (Å²) in [5.74, 6) is 2.01. The molecular formula is C14H26Ni. The summed E-state index contributed by atoms with van der Waals surface area (Å²) in [6.07, 6.45) is 16.1. The van der Waals surface area contributed by atoms with E-state index in [1.54, 1.807) is 0 Å². The zero-order valence-electron chi connectivity index (χ0n) is 10.3. The number of rotatable bonds is 2. The fourth-order valence-electron chi connectivity index (χ4n) is 2.45. The predicted molar refractivity (Wildman–Crippen MR) is 63.9 cm³/mol. The van der Waals surface area contributed by atoms with E-state index in [-0.39, 0.29) is 16.5 Å². The molecule has 2 radical (unpaired) electrons. The summed E-state index contributed by atoms with van der Waals surface area (Å²) >= 11 is 0.